The molecule has 3 aromatic carbocycles. The Kier molecular flexibility index (Phi) is 8.66. The summed E-state index contributed by atoms with van der Waals surface area (Å²) in [7, 11) is 0. The van der Waals surface area contributed by atoms with E-state index >= 15 is 0 Å². The smallest absolute Gasteiger partial charge is 0.336 e. The molecule has 0 aliphatic carbocycles. The Bertz CT molecular complexity index is 1630. The second-order valence-corrected chi connectivity index (χ2v) is 11.6. The number of nitrogens with one attached hydrogen (secondary N) is 2. The molecule has 214 valence electrons. The minimum absolute atomic E-state index is 0.0393. The van der Waals surface area contributed by atoms with Crippen LogP contribution in [0.5, 0.6) is 5.75 Å². The van der Waals surface area contributed by atoms with Crippen molar-refractivity contribution < 1.29 is 18.7 Å². The van der Waals surface area contributed by atoms with E-state index in [9.17, 15) is 14.4 Å². The van der Waals surface area contributed by atoms with E-state index in [0.717, 1.165) is 18.4 Å². The molecule has 0 aliphatic heterocycles. The summed E-state index contributed by atoms with van der Waals surface area (Å²) in [5.41, 5.74) is 3.68. The number of amides is 2. The van der Waals surface area contributed by atoms with Gasteiger partial charge in [0.15, 0.2) is 6.61 Å². The van der Waals surface area contributed by atoms with Crippen LogP contribution in [0.2, 0.25) is 0 Å². The van der Waals surface area contributed by atoms with Crippen LogP contribution >= 0.6 is 0 Å². The molecule has 0 radical (unpaired) electrons. The fourth-order valence-electron chi connectivity index (χ4n) is 4.43. The van der Waals surface area contributed by atoms with Gasteiger partial charge < -0.3 is 19.8 Å². The van der Waals surface area contributed by atoms with Crippen molar-refractivity contribution in [3.05, 3.63) is 99.9 Å². The van der Waals surface area contributed by atoms with Gasteiger partial charge in [0.1, 0.15) is 11.3 Å². The lowest BCUT2D eigenvalue weighted by atomic mass is 9.76. The first kappa shape index (κ1) is 29.6. The molecule has 0 atom stereocenters. The van der Waals surface area contributed by atoms with E-state index in [4.69, 9.17) is 9.15 Å². The molecule has 0 saturated carbocycles. The summed E-state index contributed by atoms with van der Waals surface area (Å²) in [6.07, 6.45) is 1.94. The van der Waals surface area contributed by atoms with E-state index in [1.54, 1.807) is 48.5 Å². The van der Waals surface area contributed by atoms with Crippen LogP contribution in [0, 0.1) is 0 Å². The number of hydrogen-bond donors (Lipinski definition) is 2. The van der Waals surface area contributed by atoms with Crippen molar-refractivity contribution in [2.45, 2.75) is 65.2 Å². The highest BCUT2D eigenvalue weighted by atomic mass is 16.5. The minimum Gasteiger partial charge on any atom is -0.483 e. The summed E-state index contributed by atoms with van der Waals surface area (Å²) in [5, 5.41) is 6.37. The zero-order valence-electron chi connectivity index (χ0n) is 24.6. The number of fused-ring (bicyclic) bond motifs is 1. The second kappa shape index (κ2) is 12.0. The Morgan fingerprint density at radius 1 is 0.805 bits per heavy atom. The van der Waals surface area contributed by atoms with E-state index in [-0.39, 0.29) is 29.3 Å². The number of ether oxygens (including phenoxy) is 1. The lowest BCUT2D eigenvalue weighted by Crippen LogP contribution is -2.24. The molecule has 0 unspecified atom stereocenters. The zero-order valence-corrected chi connectivity index (χ0v) is 24.6. The van der Waals surface area contributed by atoms with Crippen LogP contribution in [0.3, 0.4) is 0 Å². The fourth-order valence-corrected chi connectivity index (χ4v) is 4.43. The third kappa shape index (κ3) is 7.04. The molecule has 4 rings (SSSR count). The molecule has 1 aromatic heterocycles. The summed E-state index contributed by atoms with van der Waals surface area (Å²) in [5.74, 6) is 0.0397. The highest BCUT2D eigenvalue weighted by Gasteiger charge is 2.27. The third-order valence-corrected chi connectivity index (χ3v) is 7.90. The summed E-state index contributed by atoms with van der Waals surface area (Å²) in [6, 6.07) is 21.0. The average molecular weight is 555 g/mol. The van der Waals surface area contributed by atoms with Gasteiger partial charge in [-0.1, -0.05) is 59.7 Å². The standard InChI is InChI=1S/C34H38N2O5/c1-7-33(3,4)24-13-15-29(27(20-24)34(5,6)8-2)40-21-30(37)35-25-11-9-10-23(19-25)32(39)36-26-14-16-28-22(18-26)12-17-31(38)41-28/h9-20H,7-8,21H2,1-6H3,(H,35,37)(H,36,39). The molecule has 0 saturated heterocycles. The number of rotatable bonds is 10. The topological polar surface area (TPSA) is 97.6 Å². The number of anilines is 2. The van der Waals surface area contributed by atoms with E-state index < -0.39 is 5.63 Å². The molecule has 7 heteroatoms. The van der Waals surface area contributed by atoms with Crippen molar-refractivity contribution in [1.29, 1.82) is 0 Å². The number of hydrogen-bond acceptors (Lipinski definition) is 5. The van der Waals surface area contributed by atoms with Gasteiger partial charge in [0.25, 0.3) is 11.8 Å². The summed E-state index contributed by atoms with van der Waals surface area (Å²) in [4.78, 5) is 37.2. The summed E-state index contributed by atoms with van der Waals surface area (Å²) in [6.45, 7) is 13.0. The van der Waals surface area contributed by atoms with Crippen molar-refractivity contribution >= 4 is 34.2 Å². The van der Waals surface area contributed by atoms with Gasteiger partial charge in [0.2, 0.25) is 0 Å². The van der Waals surface area contributed by atoms with Crippen LogP contribution in [-0.4, -0.2) is 18.4 Å². The molecule has 41 heavy (non-hydrogen) atoms. The molecule has 4 aromatic rings. The predicted octanol–water partition coefficient (Wildman–Crippen LogP) is 7.44. The van der Waals surface area contributed by atoms with Crippen LogP contribution in [0.25, 0.3) is 11.0 Å². The van der Waals surface area contributed by atoms with Gasteiger partial charge in [-0.3, -0.25) is 9.59 Å². The van der Waals surface area contributed by atoms with Gasteiger partial charge >= 0.3 is 5.63 Å². The van der Waals surface area contributed by atoms with Crippen molar-refractivity contribution in [2.75, 3.05) is 17.2 Å². The van der Waals surface area contributed by atoms with Gasteiger partial charge in [0.05, 0.1) is 0 Å². The first-order valence-electron chi connectivity index (χ1n) is 13.9. The maximum absolute atomic E-state index is 12.9. The van der Waals surface area contributed by atoms with Crippen LogP contribution in [0.1, 0.15) is 75.9 Å². The SMILES string of the molecule is CCC(C)(C)c1ccc(OCC(=O)Nc2cccc(C(=O)Nc3ccc4oc(=O)ccc4c3)c2)c(C(C)(C)CC)c1. The summed E-state index contributed by atoms with van der Waals surface area (Å²) >= 11 is 0. The fraction of sp³-hybridized carbons (Fsp3) is 0.324. The van der Waals surface area contributed by atoms with Crippen LogP contribution in [0.15, 0.2) is 82.0 Å². The second-order valence-electron chi connectivity index (χ2n) is 11.6. The Balaban J connectivity index is 1.43. The first-order chi connectivity index (χ1) is 19.4. The van der Waals surface area contributed by atoms with Gasteiger partial charge in [0, 0.05) is 34.0 Å². The largest absolute Gasteiger partial charge is 0.483 e. The molecule has 7 nitrogen and oxygen atoms in total. The van der Waals surface area contributed by atoms with Crippen molar-refractivity contribution in [1.82, 2.24) is 0 Å². The maximum Gasteiger partial charge on any atom is 0.336 e. The van der Waals surface area contributed by atoms with Crippen molar-refractivity contribution in [3.63, 3.8) is 0 Å². The first-order valence-corrected chi connectivity index (χ1v) is 13.9. The Morgan fingerprint density at radius 3 is 2.27 bits per heavy atom. The molecular weight excluding hydrogens is 516 g/mol. The normalized spacial score (nSPS) is 11.8. The van der Waals surface area contributed by atoms with Gasteiger partial charge in [-0.25, -0.2) is 4.79 Å². The van der Waals surface area contributed by atoms with Gasteiger partial charge in [-0.15, -0.1) is 0 Å². The predicted molar refractivity (Wildman–Crippen MR) is 164 cm³/mol. The molecule has 0 aliphatic rings. The van der Waals surface area contributed by atoms with E-state index in [2.05, 4.69) is 64.3 Å². The van der Waals surface area contributed by atoms with Gasteiger partial charge in [-0.05, 0) is 77.8 Å². The lowest BCUT2D eigenvalue weighted by molar-refractivity contribution is -0.118. The summed E-state index contributed by atoms with van der Waals surface area (Å²) < 4.78 is 11.2. The highest BCUT2D eigenvalue weighted by molar-refractivity contribution is 6.06. The van der Waals surface area contributed by atoms with E-state index in [1.807, 2.05) is 6.07 Å². The monoisotopic (exact) mass is 554 g/mol. The minimum atomic E-state index is -0.433. The quantitative estimate of drug-likeness (QED) is 0.199. The van der Waals surface area contributed by atoms with E-state index in [1.165, 1.54) is 11.6 Å². The zero-order chi connectivity index (χ0) is 29.8. The van der Waals surface area contributed by atoms with Crippen LogP contribution in [-0.2, 0) is 15.6 Å². The molecule has 0 fully saturated rings. The molecule has 1 heterocycles. The lowest BCUT2D eigenvalue weighted by Gasteiger charge is -2.30. The maximum atomic E-state index is 12.9. The third-order valence-electron chi connectivity index (χ3n) is 7.90. The molecule has 2 amide bonds. The number of carbonyl (C=O) groups is 2. The number of carbonyl (C=O) groups excluding carboxylic acids is 2. The molecule has 0 spiro atoms. The Hall–Kier alpha value is -4.39. The average Bonchev–Trinajstić information content (AvgIpc) is 2.96. The van der Waals surface area contributed by atoms with Crippen molar-refractivity contribution in [3.8, 4) is 5.75 Å². The molecular formula is C34H38N2O5. The molecule has 2 N–H and O–H groups in total. The molecule has 0 bridgehead atoms. The Labute approximate surface area is 240 Å². The van der Waals surface area contributed by atoms with Crippen LogP contribution in [0.4, 0.5) is 11.4 Å². The Morgan fingerprint density at radius 2 is 1.54 bits per heavy atom. The van der Waals surface area contributed by atoms with Crippen molar-refractivity contribution in [2.24, 2.45) is 0 Å². The number of benzene rings is 3. The highest BCUT2D eigenvalue weighted by Crippen LogP contribution is 2.38. The van der Waals surface area contributed by atoms with E-state index in [0.29, 0.717) is 33.7 Å². The van der Waals surface area contributed by atoms with Gasteiger partial charge in [-0.2, -0.15) is 0 Å². The van der Waals surface area contributed by atoms with Crippen LogP contribution < -0.4 is 21.0 Å².